The Bertz CT molecular complexity index is 1350. The minimum absolute atomic E-state index is 0.195. The third kappa shape index (κ3) is 2.59. The smallest absolute Gasteiger partial charge is 0.238 e. The first-order valence-corrected chi connectivity index (χ1v) is 8.98. The second-order valence-corrected chi connectivity index (χ2v) is 6.63. The maximum Gasteiger partial charge on any atom is 0.238 e. The molecule has 5 aromatic rings. The van der Waals surface area contributed by atoms with E-state index in [4.69, 9.17) is 19.9 Å². The maximum atomic E-state index is 6.05. The van der Waals surface area contributed by atoms with Crippen molar-refractivity contribution < 1.29 is 14.2 Å². The Labute approximate surface area is 162 Å². The van der Waals surface area contributed by atoms with E-state index in [0.29, 0.717) is 41.5 Å². The van der Waals surface area contributed by atoms with Crippen molar-refractivity contribution in [1.29, 1.82) is 0 Å². The molecule has 4 aromatic heterocycles. The normalized spacial score (nSPS) is 13.2. The predicted octanol–water partition coefficient (Wildman–Crippen LogP) is 1.64. The van der Waals surface area contributed by atoms with Crippen LogP contribution in [0.5, 0.6) is 5.75 Å². The average Bonchev–Trinajstić information content (AvgIpc) is 3.51. The first-order chi connectivity index (χ1) is 14.2. The van der Waals surface area contributed by atoms with Crippen LogP contribution in [0.4, 0.5) is 5.95 Å². The molecule has 0 radical (unpaired) electrons. The predicted molar refractivity (Wildman–Crippen MR) is 99.2 cm³/mol. The van der Waals surface area contributed by atoms with E-state index in [1.807, 2.05) is 12.1 Å². The lowest BCUT2D eigenvalue weighted by Gasteiger charge is -2.01. The quantitative estimate of drug-likeness (QED) is 0.455. The lowest BCUT2D eigenvalue weighted by molar-refractivity contribution is -0.194. The molecule has 11 heteroatoms. The molecule has 0 aliphatic carbocycles. The molecule has 6 rings (SSSR count). The summed E-state index contributed by atoms with van der Waals surface area (Å²) in [4.78, 5) is 20.4. The molecule has 0 unspecified atom stereocenters. The highest BCUT2D eigenvalue weighted by atomic mass is 17.2. The lowest BCUT2D eigenvalue weighted by atomic mass is 10.1. The summed E-state index contributed by atoms with van der Waals surface area (Å²) in [6.07, 6.45) is 2.91. The summed E-state index contributed by atoms with van der Waals surface area (Å²) >= 11 is 0. The van der Waals surface area contributed by atoms with Crippen molar-refractivity contribution in [2.45, 2.75) is 19.4 Å². The number of nitrogen functional groups attached to an aromatic ring is 1. The molecular weight excluding hydrogens is 376 g/mol. The highest BCUT2D eigenvalue weighted by Crippen LogP contribution is 2.27. The number of nitrogens with zero attached hydrogens (tertiary/aromatic N) is 7. The van der Waals surface area contributed by atoms with Crippen LogP contribution in [-0.2, 0) is 24.3 Å². The molecular formula is C18H14N8O3. The van der Waals surface area contributed by atoms with Gasteiger partial charge in [-0.15, -0.1) is 20.1 Å². The van der Waals surface area contributed by atoms with Crippen LogP contribution in [-0.4, -0.2) is 34.6 Å². The molecule has 0 saturated carbocycles. The molecule has 1 aliphatic heterocycles. The molecule has 0 atom stereocenters. The topological polar surface area (TPSA) is 131 Å². The van der Waals surface area contributed by atoms with Crippen molar-refractivity contribution >= 4 is 22.8 Å². The fourth-order valence-electron chi connectivity index (χ4n) is 3.29. The minimum Gasteiger partial charge on any atom is -0.445 e. The van der Waals surface area contributed by atoms with Crippen LogP contribution >= 0.6 is 0 Å². The Kier molecular flexibility index (Phi) is 3.32. The van der Waals surface area contributed by atoms with Gasteiger partial charge in [0.1, 0.15) is 6.61 Å². The van der Waals surface area contributed by atoms with E-state index in [1.54, 1.807) is 18.4 Å². The molecule has 1 aliphatic rings. The van der Waals surface area contributed by atoms with E-state index in [9.17, 15) is 0 Å². The summed E-state index contributed by atoms with van der Waals surface area (Å²) in [6, 6.07) is 9.54. The van der Waals surface area contributed by atoms with E-state index < -0.39 is 0 Å². The van der Waals surface area contributed by atoms with Crippen molar-refractivity contribution in [2.75, 3.05) is 5.73 Å². The fourth-order valence-corrected chi connectivity index (χ4v) is 3.29. The lowest BCUT2D eigenvalue weighted by Crippen LogP contribution is -2.02. The number of nitrogens with two attached hydrogens (primary N) is 1. The van der Waals surface area contributed by atoms with Crippen LogP contribution in [0.3, 0.4) is 0 Å². The van der Waals surface area contributed by atoms with Gasteiger partial charge < -0.3 is 15.0 Å². The number of hydrogen-bond acceptors (Lipinski definition) is 9. The van der Waals surface area contributed by atoms with Crippen molar-refractivity contribution in [3.63, 3.8) is 0 Å². The Balaban J connectivity index is 1.34. The summed E-state index contributed by atoms with van der Waals surface area (Å²) in [5.41, 5.74) is 9.58. The Morgan fingerprint density at radius 3 is 2.93 bits per heavy atom. The van der Waals surface area contributed by atoms with Crippen molar-refractivity contribution in [2.24, 2.45) is 0 Å². The molecule has 0 spiro atoms. The van der Waals surface area contributed by atoms with Gasteiger partial charge in [-0.25, -0.2) is 4.98 Å². The van der Waals surface area contributed by atoms with Gasteiger partial charge in [0, 0.05) is 18.1 Å². The summed E-state index contributed by atoms with van der Waals surface area (Å²) in [5.74, 6) is 2.06. The number of fused-ring (bicyclic) bond motifs is 4. The van der Waals surface area contributed by atoms with E-state index in [-0.39, 0.29) is 5.95 Å². The van der Waals surface area contributed by atoms with E-state index in [0.717, 1.165) is 23.3 Å². The summed E-state index contributed by atoms with van der Waals surface area (Å²) in [5, 5.41) is 13.2. The van der Waals surface area contributed by atoms with Crippen LogP contribution in [0.15, 0.2) is 41.0 Å². The van der Waals surface area contributed by atoms with Gasteiger partial charge in [-0.3, -0.25) is 0 Å². The van der Waals surface area contributed by atoms with Gasteiger partial charge in [-0.05, 0) is 24.1 Å². The first kappa shape index (κ1) is 16.0. The molecule has 0 fully saturated rings. The molecule has 0 bridgehead atoms. The van der Waals surface area contributed by atoms with E-state index in [2.05, 4.69) is 31.3 Å². The van der Waals surface area contributed by atoms with Crippen LogP contribution in [0.25, 0.3) is 22.7 Å². The van der Waals surface area contributed by atoms with Gasteiger partial charge in [-0.1, -0.05) is 12.1 Å². The molecule has 0 amide bonds. The van der Waals surface area contributed by atoms with Crippen LogP contribution < -0.4 is 10.6 Å². The average molecular weight is 390 g/mol. The number of furan rings is 1. The minimum atomic E-state index is 0.195. The van der Waals surface area contributed by atoms with Gasteiger partial charge in [0.25, 0.3) is 0 Å². The van der Waals surface area contributed by atoms with Crippen LogP contribution in [0.2, 0.25) is 0 Å². The van der Waals surface area contributed by atoms with Gasteiger partial charge in [0.15, 0.2) is 22.7 Å². The highest BCUT2D eigenvalue weighted by Gasteiger charge is 2.18. The summed E-state index contributed by atoms with van der Waals surface area (Å²) < 4.78 is 6.82. The Morgan fingerprint density at radius 1 is 1.07 bits per heavy atom. The van der Waals surface area contributed by atoms with Gasteiger partial charge in [0.05, 0.1) is 6.26 Å². The zero-order chi connectivity index (χ0) is 19.4. The maximum absolute atomic E-state index is 6.05. The molecule has 2 N–H and O–H groups in total. The van der Waals surface area contributed by atoms with E-state index >= 15 is 0 Å². The number of aryl methyl sites for hydroxylation is 2. The van der Waals surface area contributed by atoms with Gasteiger partial charge in [-0.2, -0.15) is 14.4 Å². The summed E-state index contributed by atoms with van der Waals surface area (Å²) in [6.45, 7) is 0.477. The molecule has 0 saturated heterocycles. The van der Waals surface area contributed by atoms with Crippen molar-refractivity contribution in [1.82, 2.24) is 34.6 Å². The van der Waals surface area contributed by atoms with E-state index in [1.165, 1.54) is 9.31 Å². The molecule has 11 nitrogen and oxygen atoms in total. The van der Waals surface area contributed by atoms with Gasteiger partial charge in [0.2, 0.25) is 17.5 Å². The first-order valence-electron chi connectivity index (χ1n) is 8.98. The largest absolute Gasteiger partial charge is 0.445 e. The SMILES string of the molecule is Nc1nc2nn(-c3ccco3)nc2c2nc(CCc3ccc4c(c3)OOC4)nn12. The van der Waals surface area contributed by atoms with Gasteiger partial charge >= 0.3 is 0 Å². The third-order valence-electron chi connectivity index (χ3n) is 4.73. The number of rotatable bonds is 4. The number of benzene rings is 1. The zero-order valence-electron chi connectivity index (χ0n) is 15.0. The van der Waals surface area contributed by atoms with Crippen molar-refractivity contribution in [3.05, 3.63) is 53.5 Å². The standard InChI is InChI=1S/C18H14N8O3/c19-18-21-16-15(23-26(24-16)14-2-1-7-27-14)17-20-13(22-25(17)18)6-4-10-3-5-11-9-28-29-12(11)8-10/h1-3,5,7-8H,4,6,9H2,(H2,19,21,24). The van der Waals surface area contributed by atoms with Crippen LogP contribution in [0.1, 0.15) is 17.0 Å². The zero-order valence-corrected chi connectivity index (χ0v) is 15.0. The third-order valence-corrected chi connectivity index (χ3v) is 4.73. The Hall–Kier alpha value is -3.99. The number of hydrogen-bond donors (Lipinski definition) is 1. The second-order valence-electron chi connectivity index (χ2n) is 6.63. The monoisotopic (exact) mass is 390 g/mol. The number of aromatic nitrogens is 7. The highest BCUT2D eigenvalue weighted by molar-refractivity contribution is 5.85. The number of anilines is 1. The second kappa shape index (κ2) is 6.01. The Morgan fingerprint density at radius 2 is 2.03 bits per heavy atom. The molecule has 29 heavy (non-hydrogen) atoms. The van der Waals surface area contributed by atoms with Crippen molar-refractivity contribution in [3.8, 4) is 11.6 Å². The summed E-state index contributed by atoms with van der Waals surface area (Å²) in [7, 11) is 0. The fraction of sp³-hybridized carbons (Fsp3) is 0.167. The molecule has 144 valence electrons. The molecule has 1 aromatic carbocycles. The molecule has 5 heterocycles. The van der Waals surface area contributed by atoms with Crippen LogP contribution in [0, 0.1) is 0 Å².